The van der Waals surface area contributed by atoms with E-state index in [1.54, 1.807) is 62.9 Å². The van der Waals surface area contributed by atoms with Crippen molar-refractivity contribution in [1.82, 2.24) is 4.98 Å². The number of ether oxygens (including phenoxy) is 2. The van der Waals surface area contributed by atoms with Crippen LogP contribution in [0.1, 0.15) is 15.9 Å². The largest absolute Gasteiger partial charge is 0.497 e. The van der Waals surface area contributed by atoms with Crippen LogP contribution < -0.4 is 20.1 Å². The van der Waals surface area contributed by atoms with Crippen molar-refractivity contribution >= 4 is 34.7 Å². The van der Waals surface area contributed by atoms with Gasteiger partial charge in [-0.3, -0.25) is 4.79 Å². The number of nitrogens with zero attached hydrogens (tertiary/aromatic N) is 1. The molecule has 0 saturated carbocycles. The van der Waals surface area contributed by atoms with Gasteiger partial charge in [0.25, 0.3) is 5.91 Å². The van der Waals surface area contributed by atoms with E-state index in [0.717, 1.165) is 5.56 Å². The highest BCUT2D eigenvalue weighted by molar-refractivity contribution is 6.31. The first-order valence-electron chi connectivity index (χ1n) is 8.53. The number of benzene rings is 2. The number of hydrogen-bond acceptors (Lipinski definition) is 5. The Hall–Kier alpha value is -3.25. The maximum absolute atomic E-state index is 12.7. The number of aryl methyl sites for hydroxylation is 1. The van der Waals surface area contributed by atoms with Gasteiger partial charge >= 0.3 is 0 Å². The van der Waals surface area contributed by atoms with E-state index in [1.807, 2.05) is 13.0 Å². The fourth-order valence-electron chi connectivity index (χ4n) is 2.61. The molecule has 0 radical (unpaired) electrons. The van der Waals surface area contributed by atoms with Crippen LogP contribution in [0.2, 0.25) is 5.02 Å². The summed E-state index contributed by atoms with van der Waals surface area (Å²) in [6, 6.07) is 14.0. The summed E-state index contributed by atoms with van der Waals surface area (Å²) >= 11 is 6.02. The first-order valence-corrected chi connectivity index (χ1v) is 8.90. The number of rotatable bonds is 6. The van der Waals surface area contributed by atoms with E-state index >= 15 is 0 Å². The number of nitrogens with one attached hydrogen (secondary N) is 2. The standard InChI is InChI=1S/C21H20ClN3O3/c1-13-4-5-15(22)11-17(13)25-21(26)14-8-9-23-20(10-14)24-18-12-16(27-2)6-7-19(18)28-3/h4-12H,1-3H3,(H,23,24)(H,25,26). The number of anilines is 3. The van der Waals surface area contributed by atoms with Crippen molar-refractivity contribution in [2.24, 2.45) is 0 Å². The molecule has 1 aromatic heterocycles. The van der Waals surface area contributed by atoms with Gasteiger partial charge in [-0.15, -0.1) is 0 Å². The molecule has 28 heavy (non-hydrogen) atoms. The number of carbonyl (C=O) groups is 1. The summed E-state index contributed by atoms with van der Waals surface area (Å²) in [5, 5.41) is 6.59. The lowest BCUT2D eigenvalue weighted by Gasteiger charge is -2.13. The Morgan fingerprint density at radius 2 is 1.82 bits per heavy atom. The van der Waals surface area contributed by atoms with Crippen molar-refractivity contribution in [2.45, 2.75) is 6.92 Å². The van der Waals surface area contributed by atoms with Gasteiger partial charge in [0, 0.05) is 28.5 Å². The molecule has 0 atom stereocenters. The Bertz CT molecular complexity index is 1010. The fourth-order valence-corrected chi connectivity index (χ4v) is 2.79. The number of methoxy groups -OCH3 is 2. The van der Waals surface area contributed by atoms with E-state index in [9.17, 15) is 4.79 Å². The lowest BCUT2D eigenvalue weighted by molar-refractivity contribution is 0.102. The van der Waals surface area contributed by atoms with Gasteiger partial charge in [-0.1, -0.05) is 17.7 Å². The number of aromatic nitrogens is 1. The molecule has 2 aromatic carbocycles. The molecule has 0 aliphatic rings. The van der Waals surface area contributed by atoms with E-state index < -0.39 is 0 Å². The van der Waals surface area contributed by atoms with E-state index in [-0.39, 0.29) is 5.91 Å². The maximum atomic E-state index is 12.7. The lowest BCUT2D eigenvalue weighted by atomic mass is 10.2. The summed E-state index contributed by atoms with van der Waals surface area (Å²) in [4.78, 5) is 16.9. The third-order valence-corrected chi connectivity index (χ3v) is 4.37. The molecule has 1 amide bonds. The maximum Gasteiger partial charge on any atom is 0.255 e. The first kappa shape index (κ1) is 19.5. The zero-order chi connectivity index (χ0) is 20.1. The van der Waals surface area contributed by atoms with E-state index in [0.29, 0.717) is 39.3 Å². The Kier molecular flexibility index (Phi) is 6.01. The first-order chi connectivity index (χ1) is 13.5. The predicted octanol–water partition coefficient (Wildman–Crippen LogP) is 5.06. The summed E-state index contributed by atoms with van der Waals surface area (Å²) in [5.74, 6) is 1.55. The molecule has 0 aliphatic heterocycles. The Labute approximate surface area is 168 Å². The Morgan fingerprint density at radius 3 is 2.57 bits per heavy atom. The monoisotopic (exact) mass is 397 g/mol. The van der Waals surface area contributed by atoms with Crippen LogP contribution in [0, 0.1) is 6.92 Å². The van der Waals surface area contributed by atoms with Crippen molar-refractivity contribution < 1.29 is 14.3 Å². The minimum absolute atomic E-state index is 0.256. The second-order valence-corrected chi connectivity index (χ2v) is 6.47. The topological polar surface area (TPSA) is 72.5 Å². The van der Waals surface area contributed by atoms with Gasteiger partial charge in [-0.05, 0) is 48.9 Å². The summed E-state index contributed by atoms with van der Waals surface area (Å²) < 4.78 is 10.6. The molecule has 3 rings (SSSR count). The molecular formula is C21H20ClN3O3. The second-order valence-electron chi connectivity index (χ2n) is 6.03. The van der Waals surface area contributed by atoms with Gasteiger partial charge in [0.15, 0.2) is 0 Å². The highest BCUT2D eigenvalue weighted by atomic mass is 35.5. The highest BCUT2D eigenvalue weighted by Gasteiger charge is 2.11. The number of amides is 1. The summed E-state index contributed by atoms with van der Waals surface area (Å²) in [6.45, 7) is 1.90. The van der Waals surface area contributed by atoms with E-state index in [1.165, 1.54) is 0 Å². The molecule has 1 heterocycles. The van der Waals surface area contributed by atoms with Crippen LogP contribution in [0.25, 0.3) is 0 Å². The van der Waals surface area contributed by atoms with Crippen LogP contribution in [0.4, 0.5) is 17.2 Å². The van der Waals surface area contributed by atoms with Gasteiger partial charge in [0.05, 0.1) is 19.9 Å². The summed E-state index contributed by atoms with van der Waals surface area (Å²) in [5.41, 5.74) is 2.72. The molecule has 0 unspecified atom stereocenters. The molecule has 3 aromatic rings. The molecule has 0 aliphatic carbocycles. The van der Waals surface area contributed by atoms with Crippen LogP contribution in [-0.2, 0) is 0 Å². The van der Waals surface area contributed by atoms with Crippen molar-refractivity contribution in [2.75, 3.05) is 24.9 Å². The third kappa shape index (κ3) is 4.53. The average Bonchev–Trinajstić information content (AvgIpc) is 2.70. The number of hydrogen-bond donors (Lipinski definition) is 2. The predicted molar refractivity (Wildman–Crippen MR) is 111 cm³/mol. The van der Waals surface area contributed by atoms with Crippen LogP contribution in [0.3, 0.4) is 0 Å². The second kappa shape index (κ2) is 8.63. The third-order valence-electron chi connectivity index (χ3n) is 4.14. The molecule has 0 fully saturated rings. The van der Waals surface area contributed by atoms with Crippen molar-refractivity contribution in [3.8, 4) is 11.5 Å². The molecule has 144 valence electrons. The molecule has 0 bridgehead atoms. The van der Waals surface area contributed by atoms with Gasteiger partial charge in [0.2, 0.25) is 0 Å². The number of pyridine rings is 1. The zero-order valence-corrected chi connectivity index (χ0v) is 16.5. The molecule has 7 heteroatoms. The summed E-state index contributed by atoms with van der Waals surface area (Å²) in [6.07, 6.45) is 1.56. The lowest BCUT2D eigenvalue weighted by Crippen LogP contribution is -2.13. The van der Waals surface area contributed by atoms with E-state index in [2.05, 4.69) is 15.6 Å². The van der Waals surface area contributed by atoms with Gasteiger partial charge in [-0.2, -0.15) is 0 Å². The molecule has 2 N–H and O–H groups in total. The van der Waals surface area contributed by atoms with Gasteiger partial charge < -0.3 is 20.1 Å². The molecular weight excluding hydrogens is 378 g/mol. The van der Waals surface area contributed by atoms with Crippen LogP contribution in [-0.4, -0.2) is 25.1 Å². The minimum atomic E-state index is -0.256. The smallest absolute Gasteiger partial charge is 0.255 e. The van der Waals surface area contributed by atoms with Crippen molar-refractivity contribution in [3.63, 3.8) is 0 Å². The molecule has 0 saturated heterocycles. The minimum Gasteiger partial charge on any atom is -0.497 e. The Morgan fingerprint density at radius 1 is 1.00 bits per heavy atom. The van der Waals surface area contributed by atoms with Crippen LogP contribution in [0.15, 0.2) is 54.7 Å². The zero-order valence-electron chi connectivity index (χ0n) is 15.7. The molecule has 0 spiro atoms. The number of carbonyl (C=O) groups excluding carboxylic acids is 1. The van der Waals surface area contributed by atoms with E-state index in [4.69, 9.17) is 21.1 Å². The van der Waals surface area contributed by atoms with Gasteiger partial charge in [-0.25, -0.2) is 4.98 Å². The fraction of sp³-hybridized carbons (Fsp3) is 0.143. The average molecular weight is 398 g/mol. The highest BCUT2D eigenvalue weighted by Crippen LogP contribution is 2.31. The molecule has 6 nitrogen and oxygen atoms in total. The normalized spacial score (nSPS) is 10.3. The van der Waals surface area contributed by atoms with Crippen LogP contribution in [0.5, 0.6) is 11.5 Å². The summed E-state index contributed by atoms with van der Waals surface area (Å²) in [7, 11) is 3.17. The van der Waals surface area contributed by atoms with Crippen molar-refractivity contribution in [1.29, 1.82) is 0 Å². The Balaban J connectivity index is 1.82. The van der Waals surface area contributed by atoms with Crippen LogP contribution >= 0.6 is 11.6 Å². The van der Waals surface area contributed by atoms with Gasteiger partial charge in [0.1, 0.15) is 17.3 Å². The quantitative estimate of drug-likeness (QED) is 0.608. The van der Waals surface area contributed by atoms with Crippen molar-refractivity contribution in [3.05, 3.63) is 70.9 Å². The number of halogens is 1. The SMILES string of the molecule is COc1ccc(OC)c(Nc2cc(C(=O)Nc3cc(Cl)ccc3C)ccn2)c1.